The molecule has 2 fully saturated rings. The summed E-state index contributed by atoms with van der Waals surface area (Å²) in [6, 6.07) is -0.373. The summed E-state index contributed by atoms with van der Waals surface area (Å²) in [7, 11) is 0. The second-order valence-electron chi connectivity index (χ2n) is 5.44. The molecule has 1 N–H and O–H groups in total. The quantitative estimate of drug-likeness (QED) is 0.795. The predicted octanol–water partition coefficient (Wildman–Crippen LogP) is 0.862. The zero-order valence-electron chi connectivity index (χ0n) is 10.3. The minimum absolute atomic E-state index is 0.0871. The summed E-state index contributed by atoms with van der Waals surface area (Å²) < 4.78 is 12.3. The lowest BCUT2D eigenvalue weighted by atomic mass is 9.94. The van der Waals surface area contributed by atoms with Crippen molar-refractivity contribution >= 4 is 11.8 Å². The van der Waals surface area contributed by atoms with E-state index in [4.69, 9.17) is 0 Å². The van der Waals surface area contributed by atoms with Gasteiger partial charge in [0.15, 0.2) is 0 Å². The second-order valence-corrected chi connectivity index (χ2v) is 5.44. The van der Waals surface area contributed by atoms with Gasteiger partial charge in [-0.25, -0.2) is 0 Å². The van der Waals surface area contributed by atoms with Crippen LogP contribution in [0.15, 0.2) is 0 Å². The van der Waals surface area contributed by atoms with E-state index in [1.54, 1.807) is 18.7 Å². The van der Waals surface area contributed by atoms with Gasteiger partial charge in [0.25, 0.3) is 0 Å². The molecule has 1 saturated heterocycles. The molecule has 0 aromatic carbocycles. The molecule has 1 heterocycles. The van der Waals surface area contributed by atoms with Gasteiger partial charge in [0.05, 0.1) is 6.67 Å². The zero-order valence-corrected chi connectivity index (χ0v) is 10.3. The average molecular weight is 242 g/mol. The second kappa shape index (κ2) is 4.27. The molecule has 96 valence electrons. The van der Waals surface area contributed by atoms with E-state index in [0.29, 0.717) is 13.0 Å². The van der Waals surface area contributed by atoms with E-state index in [-0.39, 0.29) is 23.8 Å². The SMILES string of the molecule is CC1(C)NC(=O)C(C2CC2)N(CCCF)C1=O. The van der Waals surface area contributed by atoms with E-state index in [9.17, 15) is 14.0 Å². The standard InChI is InChI=1S/C12H19FN2O2/c1-12(2)11(17)15(7-3-6-13)9(8-4-5-8)10(16)14-12/h8-9H,3-7H2,1-2H3,(H,14,16). The van der Waals surface area contributed by atoms with Crippen LogP contribution in [-0.2, 0) is 9.59 Å². The summed E-state index contributed by atoms with van der Waals surface area (Å²) in [6.07, 6.45) is 2.27. The summed E-state index contributed by atoms with van der Waals surface area (Å²) in [5.41, 5.74) is -0.862. The Hall–Kier alpha value is -1.13. The number of halogens is 1. The van der Waals surface area contributed by atoms with Crippen LogP contribution < -0.4 is 5.32 Å². The fourth-order valence-corrected chi connectivity index (χ4v) is 2.41. The van der Waals surface area contributed by atoms with Crippen LogP contribution >= 0.6 is 0 Å². The minimum Gasteiger partial charge on any atom is -0.340 e. The van der Waals surface area contributed by atoms with Crippen molar-refractivity contribution in [1.82, 2.24) is 10.2 Å². The predicted molar refractivity (Wildman–Crippen MR) is 61.0 cm³/mol. The van der Waals surface area contributed by atoms with Crippen LogP contribution in [0, 0.1) is 5.92 Å². The van der Waals surface area contributed by atoms with Crippen molar-refractivity contribution in [1.29, 1.82) is 0 Å². The molecule has 0 spiro atoms. The first-order valence-corrected chi connectivity index (χ1v) is 6.16. The largest absolute Gasteiger partial charge is 0.340 e. The smallest absolute Gasteiger partial charge is 0.248 e. The number of carbonyl (C=O) groups excluding carboxylic acids is 2. The lowest BCUT2D eigenvalue weighted by Crippen LogP contribution is -2.68. The number of carbonyl (C=O) groups is 2. The molecule has 2 aliphatic rings. The van der Waals surface area contributed by atoms with Gasteiger partial charge in [-0.2, -0.15) is 0 Å². The molecule has 0 aromatic heterocycles. The highest BCUT2D eigenvalue weighted by molar-refractivity contribution is 5.99. The summed E-state index contributed by atoms with van der Waals surface area (Å²) in [6.45, 7) is 3.27. The van der Waals surface area contributed by atoms with Gasteiger partial charge in [-0.3, -0.25) is 14.0 Å². The van der Waals surface area contributed by atoms with Crippen LogP contribution in [0.1, 0.15) is 33.1 Å². The number of nitrogens with one attached hydrogen (secondary N) is 1. The normalized spacial score (nSPS) is 28.2. The molecule has 17 heavy (non-hydrogen) atoms. The first-order chi connectivity index (χ1) is 7.97. The monoisotopic (exact) mass is 242 g/mol. The van der Waals surface area contributed by atoms with E-state index >= 15 is 0 Å². The molecule has 4 nitrogen and oxygen atoms in total. The Morgan fingerprint density at radius 3 is 2.59 bits per heavy atom. The van der Waals surface area contributed by atoms with E-state index in [2.05, 4.69) is 5.32 Å². The number of piperazine rings is 1. The number of hydrogen-bond acceptors (Lipinski definition) is 2. The van der Waals surface area contributed by atoms with Crippen LogP contribution in [0.2, 0.25) is 0 Å². The minimum atomic E-state index is -0.862. The number of hydrogen-bond donors (Lipinski definition) is 1. The molecule has 1 unspecified atom stereocenters. The molecule has 2 amide bonds. The van der Waals surface area contributed by atoms with Gasteiger partial charge in [0.2, 0.25) is 11.8 Å². The van der Waals surface area contributed by atoms with Crippen LogP contribution in [-0.4, -0.2) is 41.5 Å². The topological polar surface area (TPSA) is 49.4 Å². The maximum Gasteiger partial charge on any atom is 0.248 e. The first-order valence-electron chi connectivity index (χ1n) is 6.16. The summed E-state index contributed by atoms with van der Waals surface area (Å²) >= 11 is 0. The maximum atomic E-state index is 12.3. The van der Waals surface area contributed by atoms with Crippen molar-refractivity contribution in [3.05, 3.63) is 0 Å². The lowest BCUT2D eigenvalue weighted by Gasteiger charge is -2.43. The number of rotatable bonds is 4. The van der Waals surface area contributed by atoms with Crippen LogP contribution in [0.5, 0.6) is 0 Å². The van der Waals surface area contributed by atoms with E-state index in [0.717, 1.165) is 12.8 Å². The molecule has 0 aromatic rings. The van der Waals surface area contributed by atoms with Crippen molar-refractivity contribution < 1.29 is 14.0 Å². The number of amides is 2. The molecule has 1 atom stereocenters. The highest BCUT2D eigenvalue weighted by Gasteiger charge is 2.50. The van der Waals surface area contributed by atoms with Gasteiger partial charge < -0.3 is 10.2 Å². The van der Waals surface area contributed by atoms with E-state index in [1.807, 2.05) is 0 Å². The highest BCUT2D eigenvalue weighted by atomic mass is 19.1. The Morgan fingerprint density at radius 2 is 2.06 bits per heavy atom. The highest BCUT2D eigenvalue weighted by Crippen LogP contribution is 2.38. The maximum absolute atomic E-state index is 12.3. The van der Waals surface area contributed by atoms with Crippen molar-refractivity contribution in [2.45, 2.75) is 44.7 Å². The van der Waals surface area contributed by atoms with E-state index in [1.165, 1.54) is 0 Å². The Balaban J connectivity index is 2.18. The van der Waals surface area contributed by atoms with Crippen LogP contribution in [0.3, 0.4) is 0 Å². The molecular weight excluding hydrogens is 223 g/mol. The molecule has 2 rings (SSSR count). The van der Waals surface area contributed by atoms with Crippen molar-refractivity contribution in [3.63, 3.8) is 0 Å². The Morgan fingerprint density at radius 1 is 1.41 bits per heavy atom. The van der Waals surface area contributed by atoms with Gasteiger partial charge in [-0.15, -0.1) is 0 Å². The number of alkyl halides is 1. The van der Waals surface area contributed by atoms with Gasteiger partial charge >= 0.3 is 0 Å². The first kappa shape index (κ1) is 12.3. The average Bonchev–Trinajstić information content (AvgIpc) is 3.04. The third-order valence-electron chi connectivity index (χ3n) is 3.44. The Kier molecular flexibility index (Phi) is 3.10. The fraction of sp³-hybridized carbons (Fsp3) is 0.833. The third kappa shape index (κ3) is 2.28. The Labute approximate surface area is 101 Å². The summed E-state index contributed by atoms with van der Waals surface area (Å²) in [5, 5.41) is 2.76. The van der Waals surface area contributed by atoms with Crippen LogP contribution in [0.25, 0.3) is 0 Å². The molecule has 5 heteroatoms. The van der Waals surface area contributed by atoms with Crippen LogP contribution in [0.4, 0.5) is 4.39 Å². The van der Waals surface area contributed by atoms with Gasteiger partial charge in [-0.05, 0) is 39.0 Å². The molecule has 0 bridgehead atoms. The van der Waals surface area contributed by atoms with Crippen molar-refractivity contribution in [3.8, 4) is 0 Å². The van der Waals surface area contributed by atoms with Crippen molar-refractivity contribution in [2.24, 2.45) is 5.92 Å². The van der Waals surface area contributed by atoms with Gasteiger partial charge in [-0.1, -0.05) is 0 Å². The zero-order chi connectivity index (χ0) is 12.6. The summed E-state index contributed by atoms with van der Waals surface area (Å²) in [5.74, 6) is 0.0908. The van der Waals surface area contributed by atoms with E-state index < -0.39 is 12.2 Å². The molecule has 1 aliphatic heterocycles. The fourth-order valence-electron chi connectivity index (χ4n) is 2.41. The molecule has 0 radical (unpaired) electrons. The molecule has 1 aliphatic carbocycles. The van der Waals surface area contributed by atoms with Crippen molar-refractivity contribution in [2.75, 3.05) is 13.2 Å². The van der Waals surface area contributed by atoms with Gasteiger partial charge in [0.1, 0.15) is 11.6 Å². The molecule has 1 saturated carbocycles. The number of nitrogens with zero attached hydrogens (tertiary/aromatic N) is 1. The van der Waals surface area contributed by atoms with Gasteiger partial charge in [0, 0.05) is 6.54 Å². The Bertz CT molecular complexity index is 339. The third-order valence-corrected chi connectivity index (χ3v) is 3.44. The summed E-state index contributed by atoms with van der Waals surface area (Å²) in [4.78, 5) is 25.8. The molecular formula is C12H19FN2O2. The lowest BCUT2D eigenvalue weighted by molar-refractivity contribution is -0.154.